The maximum Gasteiger partial charge on any atom is -1.00 e. The van der Waals surface area contributed by atoms with Gasteiger partial charge in [0, 0.05) is 0 Å². The van der Waals surface area contributed by atoms with E-state index in [4.69, 9.17) is 0 Å². The second kappa shape index (κ2) is 11.6. The SMILES string of the molecule is CC(C)(C)c1cc([N+](=O)[O-])cc(C=[N+]2[Mn][N+](=Cc3cc([N+](=O)[O-])cc(C(C)(C)C)c3O)[C@@H]3CCCC[C@H]32)c1O.[Br-]. The van der Waals surface area contributed by atoms with Crippen molar-refractivity contribution in [3.8, 4) is 11.5 Å². The molecule has 40 heavy (non-hydrogen) atoms. The van der Waals surface area contributed by atoms with Gasteiger partial charge in [0.05, 0.1) is 0 Å². The van der Waals surface area contributed by atoms with Crippen molar-refractivity contribution in [2.75, 3.05) is 0 Å². The first-order chi connectivity index (χ1) is 18.1. The second-order valence-corrected chi connectivity index (χ2v) is 13.8. The number of nitro groups is 2. The predicted molar refractivity (Wildman–Crippen MR) is 144 cm³/mol. The quantitative estimate of drug-likeness (QED) is 0.294. The van der Waals surface area contributed by atoms with Gasteiger partial charge < -0.3 is 17.0 Å². The van der Waals surface area contributed by atoms with Gasteiger partial charge in [-0.25, -0.2) is 0 Å². The molecule has 0 aromatic heterocycles. The van der Waals surface area contributed by atoms with Gasteiger partial charge in [0.1, 0.15) is 0 Å². The largest absolute Gasteiger partial charge is 1.00 e. The molecule has 2 N–H and O–H groups in total. The van der Waals surface area contributed by atoms with Crippen molar-refractivity contribution < 1.29 is 59.6 Å². The number of nitro benzene ring substituents is 2. The van der Waals surface area contributed by atoms with Crippen LogP contribution in [0.5, 0.6) is 11.5 Å². The number of non-ortho nitro benzene ring substituents is 2. The molecule has 2 aliphatic rings. The molecule has 1 aliphatic heterocycles. The van der Waals surface area contributed by atoms with Crippen LogP contribution in [0.1, 0.15) is 89.5 Å². The molecule has 2 fully saturated rings. The van der Waals surface area contributed by atoms with Gasteiger partial charge in [-0.2, -0.15) is 0 Å². The summed E-state index contributed by atoms with van der Waals surface area (Å²) in [6.45, 7) is 11.4. The molecule has 0 amide bonds. The maximum absolute atomic E-state index is 11.7. The molecule has 0 spiro atoms. The first-order valence-corrected chi connectivity index (χ1v) is 14.1. The monoisotopic (exact) mass is 658 g/mol. The minimum absolute atomic E-state index is 0. The predicted octanol–water partition coefficient (Wildman–Crippen LogP) is 2.31. The molecule has 2 atom stereocenters. The molecule has 0 radical (unpaired) electrons. The van der Waals surface area contributed by atoms with Gasteiger partial charge in [-0.1, -0.05) is 0 Å². The van der Waals surface area contributed by atoms with Crippen LogP contribution >= 0.6 is 0 Å². The van der Waals surface area contributed by atoms with E-state index in [0.717, 1.165) is 25.7 Å². The molecule has 4 rings (SSSR count). The summed E-state index contributed by atoms with van der Waals surface area (Å²) in [6.07, 6.45) is 7.51. The van der Waals surface area contributed by atoms with Crippen molar-refractivity contribution >= 4 is 23.8 Å². The van der Waals surface area contributed by atoms with Gasteiger partial charge in [-0.05, 0) is 0 Å². The Morgan fingerprint density at radius 2 is 1.12 bits per heavy atom. The Kier molecular flexibility index (Phi) is 9.18. The van der Waals surface area contributed by atoms with Gasteiger partial charge in [0.15, 0.2) is 0 Å². The number of fused-ring (bicyclic) bond motifs is 1. The number of phenolic OH excluding ortho intramolecular Hbond substituents is 2. The second-order valence-electron chi connectivity index (χ2n) is 12.3. The van der Waals surface area contributed by atoms with Crippen LogP contribution in [0, 0.1) is 20.2 Å². The molecule has 2 aromatic carbocycles. The van der Waals surface area contributed by atoms with E-state index in [2.05, 4.69) is 7.18 Å². The van der Waals surface area contributed by atoms with Gasteiger partial charge in [0.25, 0.3) is 0 Å². The van der Waals surface area contributed by atoms with Crippen molar-refractivity contribution in [2.24, 2.45) is 0 Å². The summed E-state index contributed by atoms with van der Waals surface area (Å²) >= 11 is 0.0520. The molecule has 1 heterocycles. The minimum Gasteiger partial charge on any atom is -1.00 e. The third-order valence-corrected chi connectivity index (χ3v) is 8.95. The van der Waals surface area contributed by atoms with Crippen LogP contribution in [0.15, 0.2) is 24.3 Å². The smallest absolute Gasteiger partial charge is 1.00 e. The summed E-state index contributed by atoms with van der Waals surface area (Å²) in [6, 6.07) is 5.88. The Morgan fingerprint density at radius 1 is 0.775 bits per heavy atom. The van der Waals surface area contributed by atoms with Gasteiger partial charge in [0.2, 0.25) is 0 Å². The average molecular weight is 659 g/mol. The van der Waals surface area contributed by atoms with E-state index >= 15 is 0 Å². The average Bonchev–Trinajstić information content (AvgIpc) is 3.17. The fourth-order valence-corrected chi connectivity index (χ4v) is 7.05. The van der Waals surface area contributed by atoms with E-state index < -0.39 is 20.7 Å². The van der Waals surface area contributed by atoms with Crippen LogP contribution in [0.3, 0.4) is 0 Å². The zero-order valence-electron chi connectivity index (χ0n) is 23.5. The van der Waals surface area contributed by atoms with E-state index in [1.165, 1.54) is 24.3 Å². The Labute approximate surface area is 251 Å². The van der Waals surface area contributed by atoms with Crippen LogP contribution in [-0.2, 0) is 26.2 Å². The third kappa shape index (κ3) is 6.39. The van der Waals surface area contributed by atoms with Crippen LogP contribution in [0.2, 0.25) is 0 Å². The van der Waals surface area contributed by atoms with Crippen molar-refractivity contribution in [3.05, 3.63) is 66.7 Å². The van der Waals surface area contributed by atoms with E-state index in [1.54, 1.807) is 0 Å². The fraction of sp³-hybridized carbons (Fsp3) is 0.500. The number of hydrogen-bond donors (Lipinski definition) is 2. The topological polar surface area (TPSA) is 133 Å². The number of nitrogens with zero attached hydrogens (tertiary/aromatic N) is 4. The minimum atomic E-state index is -0.496. The first kappa shape index (κ1) is 31.7. The summed E-state index contributed by atoms with van der Waals surface area (Å²) in [5.74, 6) is 0.0545. The van der Waals surface area contributed by atoms with Crippen molar-refractivity contribution in [2.45, 2.75) is 90.1 Å². The number of phenols is 2. The van der Waals surface area contributed by atoms with E-state index in [0.29, 0.717) is 22.3 Å². The van der Waals surface area contributed by atoms with Gasteiger partial charge in [-0.3, -0.25) is 0 Å². The van der Waals surface area contributed by atoms with Crippen LogP contribution in [-0.4, -0.2) is 51.8 Å². The number of aromatic hydroxyl groups is 2. The number of halogens is 1. The molecule has 1 aliphatic carbocycles. The number of hydrogen-bond acceptors (Lipinski definition) is 6. The van der Waals surface area contributed by atoms with Crippen LogP contribution < -0.4 is 17.0 Å². The molecule has 0 bridgehead atoms. The van der Waals surface area contributed by atoms with Gasteiger partial charge in [-0.15, -0.1) is 0 Å². The van der Waals surface area contributed by atoms with Crippen molar-refractivity contribution in [1.82, 2.24) is 0 Å². The third-order valence-electron chi connectivity index (χ3n) is 7.31. The van der Waals surface area contributed by atoms with E-state index in [1.807, 2.05) is 54.0 Å². The summed E-state index contributed by atoms with van der Waals surface area (Å²) in [5, 5.41) is 45.6. The van der Waals surface area contributed by atoms with Crippen LogP contribution in [0.25, 0.3) is 0 Å². The van der Waals surface area contributed by atoms with Crippen molar-refractivity contribution in [3.63, 3.8) is 0 Å². The van der Waals surface area contributed by atoms with Crippen LogP contribution in [0.4, 0.5) is 11.4 Å². The molecule has 12 heteroatoms. The van der Waals surface area contributed by atoms with Crippen molar-refractivity contribution in [1.29, 1.82) is 0 Å². The number of benzene rings is 2. The standard InChI is InChI=1S/C28H36N4O6.BrH.Mn/c1-27(2,3)21-13-19(31(35)36)11-17(25(21)33)15-29-23-9-7-8-10-24(23)30-16-18-12-20(32(37)38)14-22(26(18)34)28(4,5)6;;/h11-16,23-24,33-34H,7-10H2,1-6H3;1H;/q;;+2/p-1/t23-,24-;;/m1../s1. The Bertz CT molecular complexity index is 1310. The summed E-state index contributed by atoms with van der Waals surface area (Å²) in [7, 11) is 0. The Morgan fingerprint density at radius 3 is 1.43 bits per heavy atom. The maximum atomic E-state index is 11.7. The molecular weight excluding hydrogens is 623 g/mol. The van der Waals surface area contributed by atoms with E-state index in [9.17, 15) is 30.4 Å². The summed E-state index contributed by atoms with van der Waals surface area (Å²) in [4.78, 5) is 22.5. The van der Waals surface area contributed by atoms with Gasteiger partial charge >= 0.3 is 235 Å². The fourth-order valence-electron chi connectivity index (χ4n) is 5.21. The summed E-state index contributed by atoms with van der Waals surface area (Å²) in [5.41, 5.74) is 0.645. The Hall–Kier alpha value is -2.82. The Balaban J connectivity index is 0.00000441. The molecule has 10 nitrogen and oxygen atoms in total. The molecular formula is C28H36BrMnN4O6+. The zero-order chi connectivity index (χ0) is 28.9. The van der Waals surface area contributed by atoms with E-state index in [-0.39, 0.29) is 67.3 Å². The molecule has 1 saturated carbocycles. The first-order valence-electron chi connectivity index (χ1n) is 13.0. The normalized spacial score (nSPS) is 21.2. The summed E-state index contributed by atoms with van der Waals surface area (Å²) < 4.78 is 4.24. The molecule has 2 aromatic rings. The molecule has 217 valence electrons. The molecule has 0 unspecified atom stereocenters. The number of rotatable bonds is 4. The zero-order valence-corrected chi connectivity index (χ0v) is 26.3. The molecule has 1 saturated heterocycles.